The molecule has 0 spiro atoms. The van der Waals surface area contributed by atoms with Crippen molar-refractivity contribution in [1.29, 1.82) is 0 Å². The number of aliphatic carboxylic acids is 1. The molecule has 1 N–H and O–H groups in total. The standard InChI is InChI=1S/C5H6O2S2/c6-5(7)1-4-2-8-3-9-4/h2H,1,3H2,(H,6,7). The van der Waals surface area contributed by atoms with Crippen LogP contribution in [0.5, 0.6) is 0 Å². The predicted molar refractivity (Wildman–Crippen MR) is 40.4 cm³/mol. The highest BCUT2D eigenvalue weighted by atomic mass is 32.2. The van der Waals surface area contributed by atoms with E-state index in [4.69, 9.17) is 5.11 Å². The van der Waals surface area contributed by atoms with Crippen LogP contribution in [0.4, 0.5) is 0 Å². The molecule has 9 heavy (non-hydrogen) atoms. The predicted octanol–water partition coefficient (Wildman–Crippen LogP) is 1.74. The average Bonchev–Trinajstić information content (AvgIpc) is 2.15. The van der Waals surface area contributed by atoms with Crippen molar-refractivity contribution in [2.24, 2.45) is 0 Å². The summed E-state index contributed by atoms with van der Waals surface area (Å²) in [5, 5.41) is 11.2. The SMILES string of the molecule is O=C(O)CC1=CSCS1. The van der Waals surface area contributed by atoms with Crippen LogP contribution < -0.4 is 0 Å². The van der Waals surface area contributed by atoms with Crippen LogP contribution in [-0.2, 0) is 4.79 Å². The zero-order valence-electron chi connectivity index (χ0n) is 4.66. The first-order valence-electron chi connectivity index (χ1n) is 2.44. The molecule has 1 heterocycles. The Kier molecular flexibility index (Phi) is 2.48. The Morgan fingerprint density at radius 3 is 3.11 bits per heavy atom. The molecule has 1 aliphatic heterocycles. The molecule has 0 radical (unpaired) electrons. The molecule has 1 rings (SSSR count). The summed E-state index contributed by atoms with van der Waals surface area (Å²) >= 11 is 3.28. The molecule has 0 fully saturated rings. The molecule has 50 valence electrons. The van der Waals surface area contributed by atoms with E-state index in [0.29, 0.717) is 0 Å². The summed E-state index contributed by atoms with van der Waals surface area (Å²) < 4.78 is 0. The van der Waals surface area contributed by atoms with Gasteiger partial charge in [-0.05, 0) is 5.41 Å². The molecular weight excluding hydrogens is 156 g/mol. The summed E-state index contributed by atoms with van der Waals surface area (Å²) in [6.07, 6.45) is 0.192. The fourth-order valence-electron chi connectivity index (χ4n) is 0.512. The largest absolute Gasteiger partial charge is 0.481 e. The van der Waals surface area contributed by atoms with Crippen LogP contribution in [-0.4, -0.2) is 16.2 Å². The Morgan fingerprint density at radius 1 is 1.89 bits per heavy atom. The van der Waals surface area contributed by atoms with Gasteiger partial charge in [-0.15, -0.1) is 23.5 Å². The van der Waals surface area contributed by atoms with E-state index in [1.807, 2.05) is 5.41 Å². The zero-order valence-corrected chi connectivity index (χ0v) is 6.30. The van der Waals surface area contributed by atoms with Crippen molar-refractivity contribution in [1.82, 2.24) is 0 Å². The third kappa shape index (κ3) is 2.32. The topological polar surface area (TPSA) is 37.3 Å². The van der Waals surface area contributed by atoms with Crippen LogP contribution in [0.1, 0.15) is 6.42 Å². The normalized spacial score (nSPS) is 17.6. The molecule has 0 bridgehead atoms. The molecule has 0 atom stereocenters. The highest BCUT2D eigenvalue weighted by Crippen LogP contribution is 2.33. The smallest absolute Gasteiger partial charge is 0.308 e. The number of rotatable bonds is 2. The molecule has 0 aromatic carbocycles. The lowest BCUT2D eigenvalue weighted by atomic mass is 10.4. The lowest BCUT2D eigenvalue weighted by Gasteiger charge is -1.91. The fourth-order valence-corrected chi connectivity index (χ4v) is 2.63. The van der Waals surface area contributed by atoms with Crippen LogP contribution in [0, 0.1) is 0 Å². The fraction of sp³-hybridized carbons (Fsp3) is 0.400. The molecular formula is C5H6O2S2. The molecule has 0 aromatic rings. The van der Waals surface area contributed by atoms with Gasteiger partial charge in [0.1, 0.15) is 0 Å². The Labute approximate surface area is 61.7 Å². The van der Waals surface area contributed by atoms with Crippen molar-refractivity contribution >= 4 is 29.5 Å². The third-order valence-electron chi connectivity index (χ3n) is 0.853. The minimum atomic E-state index is -0.740. The molecule has 0 saturated heterocycles. The number of carboxylic acid groups (broad SMARTS) is 1. The minimum Gasteiger partial charge on any atom is -0.481 e. The molecule has 0 amide bonds. The second kappa shape index (κ2) is 3.17. The van der Waals surface area contributed by atoms with E-state index in [9.17, 15) is 4.79 Å². The average molecular weight is 162 g/mol. The Balaban J connectivity index is 2.35. The number of carboxylic acids is 1. The third-order valence-corrected chi connectivity index (χ3v) is 3.10. The quantitative estimate of drug-likeness (QED) is 0.671. The van der Waals surface area contributed by atoms with E-state index < -0.39 is 5.97 Å². The van der Waals surface area contributed by atoms with Gasteiger partial charge in [0.05, 0.1) is 6.42 Å². The van der Waals surface area contributed by atoms with Gasteiger partial charge < -0.3 is 5.11 Å². The summed E-state index contributed by atoms with van der Waals surface area (Å²) in [7, 11) is 0. The maximum atomic E-state index is 10.1. The lowest BCUT2D eigenvalue weighted by Crippen LogP contribution is -1.93. The molecule has 0 aliphatic carbocycles. The summed E-state index contributed by atoms with van der Waals surface area (Å²) in [5.74, 6) is -0.740. The van der Waals surface area contributed by atoms with Crippen molar-refractivity contribution in [3.63, 3.8) is 0 Å². The monoisotopic (exact) mass is 162 g/mol. The first kappa shape index (κ1) is 7.02. The van der Waals surface area contributed by atoms with Crippen molar-refractivity contribution in [3.05, 3.63) is 10.3 Å². The number of hydrogen-bond acceptors (Lipinski definition) is 3. The van der Waals surface area contributed by atoms with Crippen molar-refractivity contribution in [2.45, 2.75) is 6.42 Å². The van der Waals surface area contributed by atoms with Crippen molar-refractivity contribution in [2.75, 3.05) is 5.08 Å². The van der Waals surface area contributed by atoms with E-state index >= 15 is 0 Å². The van der Waals surface area contributed by atoms with Crippen molar-refractivity contribution < 1.29 is 9.90 Å². The number of carbonyl (C=O) groups is 1. The van der Waals surface area contributed by atoms with Gasteiger partial charge in [0.2, 0.25) is 0 Å². The van der Waals surface area contributed by atoms with Gasteiger partial charge in [0, 0.05) is 9.99 Å². The summed E-state index contributed by atoms with van der Waals surface area (Å²) in [6, 6.07) is 0. The maximum Gasteiger partial charge on any atom is 0.308 e. The molecule has 0 unspecified atom stereocenters. The Hall–Kier alpha value is -0.0900. The first-order chi connectivity index (χ1) is 4.29. The molecule has 0 aromatic heterocycles. The second-order valence-corrected chi connectivity index (χ2v) is 3.91. The lowest BCUT2D eigenvalue weighted by molar-refractivity contribution is -0.136. The van der Waals surface area contributed by atoms with Gasteiger partial charge in [0.25, 0.3) is 0 Å². The zero-order chi connectivity index (χ0) is 6.69. The van der Waals surface area contributed by atoms with E-state index in [2.05, 4.69) is 0 Å². The Morgan fingerprint density at radius 2 is 2.67 bits per heavy atom. The van der Waals surface area contributed by atoms with Gasteiger partial charge >= 0.3 is 5.97 Å². The first-order valence-corrected chi connectivity index (χ1v) is 4.48. The molecule has 4 heteroatoms. The number of thioether (sulfide) groups is 2. The summed E-state index contributed by atoms with van der Waals surface area (Å²) in [4.78, 5) is 11.1. The van der Waals surface area contributed by atoms with E-state index in [-0.39, 0.29) is 6.42 Å². The summed E-state index contributed by atoms with van der Waals surface area (Å²) in [6.45, 7) is 0. The maximum absolute atomic E-state index is 10.1. The van der Waals surface area contributed by atoms with Gasteiger partial charge in [-0.2, -0.15) is 0 Å². The van der Waals surface area contributed by atoms with Crippen molar-refractivity contribution in [3.8, 4) is 0 Å². The van der Waals surface area contributed by atoms with Crippen LogP contribution >= 0.6 is 23.5 Å². The van der Waals surface area contributed by atoms with Gasteiger partial charge in [-0.3, -0.25) is 4.79 Å². The van der Waals surface area contributed by atoms with Gasteiger partial charge in [0.15, 0.2) is 0 Å². The van der Waals surface area contributed by atoms with E-state index in [1.54, 1.807) is 23.5 Å². The Bertz CT molecular complexity index is 153. The van der Waals surface area contributed by atoms with Crippen LogP contribution in [0.2, 0.25) is 0 Å². The molecule has 2 nitrogen and oxygen atoms in total. The minimum absolute atomic E-state index is 0.192. The molecule has 1 aliphatic rings. The molecule has 0 saturated carbocycles. The number of hydrogen-bond donors (Lipinski definition) is 1. The van der Waals surface area contributed by atoms with Crippen LogP contribution in [0.15, 0.2) is 10.3 Å². The van der Waals surface area contributed by atoms with E-state index in [0.717, 1.165) is 9.99 Å². The van der Waals surface area contributed by atoms with Crippen LogP contribution in [0.25, 0.3) is 0 Å². The van der Waals surface area contributed by atoms with E-state index in [1.165, 1.54) is 0 Å². The summed E-state index contributed by atoms with van der Waals surface area (Å²) in [5.41, 5.74) is 0. The van der Waals surface area contributed by atoms with Gasteiger partial charge in [-0.25, -0.2) is 0 Å². The highest BCUT2D eigenvalue weighted by molar-refractivity contribution is 8.22. The highest BCUT2D eigenvalue weighted by Gasteiger charge is 2.08. The van der Waals surface area contributed by atoms with Crippen LogP contribution in [0.3, 0.4) is 0 Å². The second-order valence-electron chi connectivity index (χ2n) is 1.58. The van der Waals surface area contributed by atoms with Gasteiger partial charge in [-0.1, -0.05) is 0 Å².